The standard InChI is InChI=1S/C14H13ClN4O2S/c1-14(12(21)18-13-16-9(7-15)8-22-13)6-11(20)17-10-4-2-3-5-19(10)14/h2-5,8H,6-7H2,1H3,(H,16,18,21). The highest BCUT2D eigenvalue weighted by molar-refractivity contribution is 7.14. The van der Waals surface area contributed by atoms with Crippen LogP contribution in [-0.4, -0.2) is 33.1 Å². The Kier molecular flexibility index (Phi) is 3.84. The lowest BCUT2D eigenvalue weighted by Gasteiger charge is -2.41. The molecular formula is C14H13ClN4O2S. The molecule has 1 aromatic heterocycles. The Morgan fingerprint density at radius 2 is 2.36 bits per heavy atom. The van der Waals surface area contributed by atoms with Crippen molar-refractivity contribution in [3.05, 3.63) is 35.5 Å². The first-order chi connectivity index (χ1) is 10.5. The van der Waals surface area contributed by atoms with Gasteiger partial charge in [-0.2, -0.15) is 4.99 Å². The number of carbonyl (C=O) groups is 2. The molecule has 6 nitrogen and oxygen atoms in total. The lowest BCUT2D eigenvalue weighted by molar-refractivity contribution is -0.130. The van der Waals surface area contributed by atoms with Crippen LogP contribution in [0.15, 0.2) is 34.8 Å². The summed E-state index contributed by atoms with van der Waals surface area (Å²) in [4.78, 5) is 34.4. The maximum Gasteiger partial charge on any atom is 0.252 e. The monoisotopic (exact) mass is 336 g/mol. The number of nitrogens with one attached hydrogen (secondary N) is 1. The van der Waals surface area contributed by atoms with E-state index in [2.05, 4.69) is 15.3 Å². The van der Waals surface area contributed by atoms with E-state index in [-0.39, 0.29) is 18.2 Å². The summed E-state index contributed by atoms with van der Waals surface area (Å²) in [5.41, 5.74) is -0.336. The molecule has 0 fully saturated rings. The number of nitrogens with zero attached hydrogens (tertiary/aromatic N) is 3. The van der Waals surface area contributed by atoms with E-state index in [1.807, 2.05) is 0 Å². The molecule has 1 unspecified atom stereocenters. The predicted octanol–water partition coefficient (Wildman–Crippen LogP) is 2.29. The fourth-order valence-electron chi connectivity index (χ4n) is 2.34. The number of carbonyl (C=O) groups excluding carboxylic acids is 2. The summed E-state index contributed by atoms with van der Waals surface area (Å²) in [5.74, 6) is 0.142. The number of amides is 2. The summed E-state index contributed by atoms with van der Waals surface area (Å²) in [6.45, 7) is 1.72. The van der Waals surface area contributed by atoms with Crippen LogP contribution in [-0.2, 0) is 15.5 Å². The van der Waals surface area contributed by atoms with Crippen LogP contribution in [0.5, 0.6) is 0 Å². The Labute approximate surface area is 136 Å². The topological polar surface area (TPSA) is 74.7 Å². The van der Waals surface area contributed by atoms with Crippen LogP contribution in [0.1, 0.15) is 19.0 Å². The minimum Gasteiger partial charge on any atom is -0.317 e. The van der Waals surface area contributed by atoms with Gasteiger partial charge in [-0.05, 0) is 19.1 Å². The van der Waals surface area contributed by atoms with Crippen molar-refractivity contribution in [3.8, 4) is 0 Å². The summed E-state index contributed by atoms with van der Waals surface area (Å²) < 4.78 is 0. The fourth-order valence-corrected chi connectivity index (χ4v) is 3.27. The van der Waals surface area contributed by atoms with E-state index in [1.165, 1.54) is 11.3 Å². The van der Waals surface area contributed by atoms with Gasteiger partial charge in [0.1, 0.15) is 11.4 Å². The van der Waals surface area contributed by atoms with Crippen LogP contribution in [0.4, 0.5) is 5.13 Å². The zero-order chi connectivity index (χ0) is 15.7. The Hall–Kier alpha value is -1.99. The van der Waals surface area contributed by atoms with Gasteiger partial charge in [-0.15, -0.1) is 22.9 Å². The zero-order valence-corrected chi connectivity index (χ0v) is 13.3. The van der Waals surface area contributed by atoms with E-state index < -0.39 is 5.54 Å². The van der Waals surface area contributed by atoms with Gasteiger partial charge >= 0.3 is 0 Å². The fraction of sp³-hybridized carbons (Fsp3) is 0.286. The van der Waals surface area contributed by atoms with E-state index in [0.29, 0.717) is 22.5 Å². The van der Waals surface area contributed by atoms with Crippen molar-refractivity contribution in [1.29, 1.82) is 0 Å². The smallest absolute Gasteiger partial charge is 0.252 e. The molecular weight excluding hydrogens is 324 g/mol. The number of anilines is 1. The molecule has 2 amide bonds. The van der Waals surface area contributed by atoms with E-state index in [4.69, 9.17) is 11.6 Å². The van der Waals surface area contributed by atoms with Crippen molar-refractivity contribution in [3.63, 3.8) is 0 Å². The number of allylic oxidation sites excluding steroid dienone is 2. The number of hydrogen-bond donors (Lipinski definition) is 1. The predicted molar refractivity (Wildman–Crippen MR) is 85.9 cm³/mol. The van der Waals surface area contributed by atoms with Crippen LogP contribution < -0.4 is 5.32 Å². The molecule has 114 valence electrons. The molecule has 8 heteroatoms. The summed E-state index contributed by atoms with van der Waals surface area (Å²) in [6, 6.07) is 0. The number of thiazole rings is 1. The summed E-state index contributed by atoms with van der Waals surface area (Å²) >= 11 is 7.01. The first-order valence-electron chi connectivity index (χ1n) is 6.60. The summed E-state index contributed by atoms with van der Waals surface area (Å²) in [5, 5.41) is 5.02. The number of rotatable bonds is 3. The molecule has 3 rings (SSSR count). The lowest BCUT2D eigenvalue weighted by Crippen LogP contribution is -2.58. The van der Waals surface area contributed by atoms with Gasteiger partial charge < -0.3 is 4.90 Å². The lowest BCUT2D eigenvalue weighted by atomic mass is 9.91. The number of halogens is 1. The highest BCUT2D eigenvalue weighted by Gasteiger charge is 2.45. The Morgan fingerprint density at radius 3 is 3.09 bits per heavy atom. The Morgan fingerprint density at radius 1 is 1.55 bits per heavy atom. The molecule has 0 radical (unpaired) electrons. The van der Waals surface area contributed by atoms with Crippen LogP contribution >= 0.6 is 22.9 Å². The Bertz CT molecular complexity index is 724. The van der Waals surface area contributed by atoms with E-state index in [9.17, 15) is 9.59 Å². The summed E-state index contributed by atoms with van der Waals surface area (Å²) in [6.07, 6.45) is 7.04. The maximum atomic E-state index is 12.7. The molecule has 0 aromatic carbocycles. The molecule has 0 bridgehead atoms. The SMILES string of the molecule is CC1(C(=O)Nc2nc(CCl)cs2)CC(=O)N=C2C=CC=CN21. The van der Waals surface area contributed by atoms with Gasteiger partial charge in [0.05, 0.1) is 18.0 Å². The van der Waals surface area contributed by atoms with E-state index in [1.54, 1.807) is 41.6 Å². The molecule has 2 aliphatic rings. The van der Waals surface area contributed by atoms with Gasteiger partial charge in [0.2, 0.25) is 0 Å². The number of aliphatic imine (C=N–C) groups is 1. The third kappa shape index (κ3) is 2.57. The average molecular weight is 337 g/mol. The van der Waals surface area contributed by atoms with E-state index >= 15 is 0 Å². The molecule has 2 aliphatic heterocycles. The van der Waals surface area contributed by atoms with Crippen molar-refractivity contribution in [2.75, 3.05) is 5.32 Å². The average Bonchev–Trinajstić information content (AvgIpc) is 2.94. The normalized spacial score (nSPS) is 23.3. The van der Waals surface area contributed by atoms with Gasteiger partial charge in [-0.1, -0.05) is 6.08 Å². The first kappa shape index (κ1) is 14.9. The molecule has 0 spiro atoms. The van der Waals surface area contributed by atoms with Crippen molar-refractivity contribution in [1.82, 2.24) is 9.88 Å². The minimum atomic E-state index is -1.04. The van der Waals surface area contributed by atoms with Gasteiger partial charge in [0.25, 0.3) is 11.8 Å². The molecule has 0 saturated carbocycles. The van der Waals surface area contributed by atoms with Crippen molar-refractivity contribution in [2.45, 2.75) is 24.8 Å². The second-order valence-corrected chi connectivity index (χ2v) is 6.24. The molecule has 1 N–H and O–H groups in total. The largest absolute Gasteiger partial charge is 0.317 e. The third-order valence-corrected chi connectivity index (χ3v) is 4.58. The van der Waals surface area contributed by atoms with Gasteiger partial charge in [0, 0.05) is 11.6 Å². The molecule has 1 aromatic rings. The second-order valence-electron chi connectivity index (χ2n) is 5.12. The van der Waals surface area contributed by atoms with Gasteiger partial charge in [0.15, 0.2) is 5.13 Å². The van der Waals surface area contributed by atoms with Crippen LogP contribution in [0.25, 0.3) is 0 Å². The number of aromatic nitrogens is 1. The van der Waals surface area contributed by atoms with Crippen molar-refractivity contribution >= 4 is 45.7 Å². The molecule has 22 heavy (non-hydrogen) atoms. The first-order valence-corrected chi connectivity index (χ1v) is 8.02. The van der Waals surface area contributed by atoms with Crippen LogP contribution in [0.2, 0.25) is 0 Å². The molecule has 0 saturated heterocycles. The molecule has 1 atom stereocenters. The zero-order valence-electron chi connectivity index (χ0n) is 11.7. The quantitative estimate of drug-likeness (QED) is 0.859. The number of fused-ring (bicyclic) bond motifs is 1. The highest BCUT2D eigenvalue weighted by atomic mass is 35.5. The number of amidine groups is 1. The summed E-state index contributed by atoms with van der Waals surface area (Å²) in [7, 11) is 0. The van der Waals surface area contributed by atoms with Gasteiger partial charge in [-0.25, -0.2) is 4.98 Å². The van der Waals surface area contributed by atoms with Crippen LogP contribution in [0.3, 0.4) is 0 Å². The minimum absolute atomic E-state index is 0.00819. The second kappa shape index (κ2) is 5.66. The molecule has 3 heterocycles. The van der Waals surface area contributed by atoms with Crippen LogP contribution in [0, 0.1) is 0 Å². The van der Waals surface area contributed by atoms with Crippen molar-refractivity contribution < 1.29 is 9.59 Å². The number of hydrogen-bond acceptors (Lipinski definition) is 5. The van der Waals surface area contributed by atoms with E-state index in [0.717, 1.165) is 0 Å². The van der Waals surface area contributed by atoms with Crippen molar-refractivity contribution in [2.24, 2.45) is 4.99 Å². The Balaban J connectivity index is 1.86. The number of alkyl halides is 1. The van der Waals surface area contributed by atoms with Gasteiger partial charge in [-0.3, -0.25) is 14.9 Å². The highest BCUT2D eigenvalue weighted by Crippen LogP contribution is 2.29. The third-order valence-electron chi connectivity index (χ3n) is 3.50. The molecule has 0 aliphatic carbocycles. The maximum absolute atomic E-state index is 12.7.